The van der Waals surface area contributed by atoms with Crippen LogP contribution in [-0.2, 0) is 4.79 Å². The van der Waals surface area contributed by atoms with E-state index in [0.717, 1.165) is 28.9 Å². The van der Waals surface area contributed by atoms with Gasteiger partial charge in [-0.1, -0.05) is 51.4 Å². The molecule has 1 atom stereocenters. The molecule has 1 N–H and O–H groups in total. The monoisotopic (exact) mass is 397 g/mol. The lowest BCUT2D eigenvalue weighted by Crippen LogP contribution is -2.19. The van der Waals surface area contributed by atoms with Gasteiger partial charge in [0.2, 0.25) is 5.91 Å². The molecule has 0 aliphatic heterocycles. The molecule has 28 heavy (non-hydrogen) atoms. The van der Waals surface area contributed by atoms with Gasteiger partial charge in [-0.2, -0.15) is 0 Å². The van der Waals surface area contributed by atoms with Crippen molar-refractivity contribution < 1.29 is 4.79 Å². The Balaban J connectivity index is 1.93. The zero-order chi connectivity index (χ0) is 20.5. The van der Waals surface area contributed by atoms with E-state index < -0.39 is 0 Å². The van der Waals surface area contributed by atoms with Crippen LogP contribution in [-0.4, -0.2) is 15.3 Å². The van der Waals surface area contributed by atoms with Crippen LogP contribution < -0.4 is 5.32 Å². The Morgan fingerprint density at radius 2 is 1.89 bits per heavy atom. The minimum absolute atomic E-state index is 0.00865. The predicted octanol–water partition coefficient (Wildman–Crippen LogP) is 6.36. The Morgan fingerprint density at radius 3 is 2.54 bits per heavy atom. The summed E-state index contributed by atoms with van der Waals surface area (Å²) in [5.41, 5.74) is 3.80. The van der Waals surface area contributed by atoms with Gasteiger partial charge >= 0.3 is 0 Å². The van der Waals surface area contributed by atoms with Crippen LogP contribution >= 0.6 is 11.6 Å². The first-order chi connectivity index (χ1) is 13.1. The van der Waals surface area contributed by atoms with Crippen molar-refractivity contribution >= 4 is 29.0 Å². The van der Waals surface area contributed by atoms with Gasteiger partial charge in [0.15, 0.2) is 0 Å². The van der Waals surface area contributed by atoms with Gasteiger partial charge in [-0.05, 0) is 54.5 Å². The van der Waals surface area contributed by atoms with Crippen molar-refractivity contribution in [3.63, 3.8) is 0 Å². The Labute approximate surface area is 171 Å². The normalized spacial score (nSPS) is 12.9. The molecular formula is C23H28ClN3O. The average Bonchev–Trinajstić information content (AvgIpc) is 2.91. The number of pyridine rings is 1. The molecule has 5 heteroatoms. The van der Waals surface area contributed by atoms with Crippen LogP contribution in [0.25, 0.3) is 16.9 Å². The molecular weight excluding hydrogens is 370 g/mol. The molecule has 0 radical (unpaired) electrons. The Kier molecular flexibility index (Phi) is 5.80. The topological polar surface area (TPSA) is 46.4 Å². The maximum absolute atomic E-state index is 12.8. The number of fused-ring (bicyclic) bond motifs is 1. The highest BCUT2D eigenvalue weighted by Crippen LogP contribution is 2.31. The van der Waals surface area contributed by atoms with Crippen LogP contribution in [0.2, 0.25) is 5.02 Å². The molecule has 3 aromatic rings. The van der Waals surface area contributed by atoms with Crippen LogP contribution in [0.4, 0.5) is 5.82 Å². The molecule has 1 unspecified atom stereocenters. The van der Waals surface area contributed by atoms with Crippen molar-refractivity contribution in [3.8, 4) is 11.3 Å². The van der Waals surface area contributed by atoms with E-state index in [4.69, 9.17) is 16.6 Å². The molecule has 0 aliphatic carbocycles. The van der Waals surface area contributed by atoms with E-state index in [1.54, 1.807) is 0 Å². The van der Waals surface area contributed by atoms with E-state index in [1.165, 1.54) is 0 Å². The number of halogens is 1. The van der Waals surface area contributed by atoms with Gasteiger partial charge in [-0.3, -0.25) is 9.20 Å². The Morgan fingerprint density at radius 1 is 1.21 bits per heavy atom. The zero-order valence-corrected chi connectivity index (χ0v) is 18.0. The number of nitrogens with one attached hydrogen (secondary N) is 1. The van der Waals surface area contributed by atoms with Crippen molar-refractivity contribution in [1.82, 2.24) is 9.38 Å². The SMILES string of the molecule is Cc1ccn2c(NC(=O)CC(C)CC(C)(C)C)c(-c3ccc(Cl)cc3)nc2c1. The summed E-state index contributed by atoms with van der Waals surface area (Å²) in [6, 6.07) is 11.5. The van der Waals surface area contributed by atoms with Crippen molar-refractivity contribution in [2.45, 2.75) is 47.5 Å². The molecule has 0 fully saturated rings. The maximum atomic E-state index is 12.8. The fraction of sp³-hybridized carbons (Fsp3) is 0.391. The predicted molar refractivity (Wildman–Crippen MR) is 117 cm³/mol. The third kappa shape index (κ3) is 4.93. The number of carbonyl (C=O) groups is 1. The van der Waals surface area contributed by atoms with Gasteiger partial charge in [0.25, 0.3) is 0 Å². The lowest BCUT2D eigenvalue weighted by atomic mass is 9.84. The number of aryl methyl sites for hydroxylation is 1. The molecule has 1 amide bonds. The maximum Gasteiger partial charge on any atom is 0.225 e. The number of carbonyl (C=O) groups excluding carboxylic acids is 1. The molecule has 0 saturated heterocycles. The van der Waals surface area contributed by atoms with Crippen LogP contribution in [0.1, 0.15) is 46.1 Å². The molecule has 0 spiro atoms. The number of nitrogens with zero attached hydrogens (tertiary/aromatic N) is 2. The van der Waals surface area contributed by atoms with Crippen LogP contribution in [0.5, 0.6) is 0 Å². The smallest absolute Gasteiger partial charge is 0.225 e. The highest BCUT2D eigenvalue weighted by atomic mass is 35.5. The molecule has 3 rings (SSSR count). The van der Waals surface area contributed by atoms with Crippen LogP contribution in [0, 0.1) is 18.3 Å². The van der Waals surface area contributed by atoms with E-state index in [1.807, 2.05) is 53.9 Å². The lowest BCUT2D eigenvalue weighted by Gasteiger charge is -2.22. The first-order valence-electron chi connectivity index (χ1n) is 9.67. The van der Waals surface area contributed by atoms with E-state index in [2.05, 4.69) is 33.0 Å². The second-order valence-electron chi connectivity index (χ2n) is 8.87. The molecule has 2 aromatic heterocycles. The van der Waals surface area contributed by atoms with Crippen LogP contribution in [0.15, 0.2) is 42.6 Å². The van der Waals surface area contributed by atoms with Gasteiger partial charge in [0.1, 0.15) is 17.2 Å². The molecule has 4 nitrogen and oxygen atoms in total. The number of imidazole rings is 1. The van der Waals surface area contributed by atoms with Crippen LogP contribution in [0.3, 0.4) is 0 Å². The lowest BCUT2D eigenvalue weighted by molar-refractivity contribution is -0.117. The van der Waals surface area contributed by atoms with Gasteiger partial charge in [0, 0.05) is 23.2 Å². The average molecular weight is 398 g/mol. The van der Waals surface area contributed by atoms with E-state index >= 15 is 0 Å². The summed E-state index contributed by atoms with van der Waals surface area (Å²) in [5, 5.41) is 3.78. The standard InChI is InChI=1S/C23H28ClN3O/c1-15-10-11-27-19(12-15)25-21(17-6-8-18(24)9-7-17)22(27)26-20(28)13-16(2)14-23(3,4)5/h6-12,16H,13-14H2,1-5H3,(H,26,28). The molecule has 1 aromatic carbocycles. The van der Waals surface area contributed by atoms with Crippen molar-refractivity contribution in [2.24, 2.45) is 11.3 Å². The summed E-state index contributed by atoms with van der Waals surface area (Å²) in [6.07, 6.45) is 3.43. The summed E-state index contributed by atoms with van der Waals surface area (Å²) in [4.78, 5) is 17.6. The minimum Gasteiger partial charge on any atom is -0.310 e. The molecule has 2 heterocycles. The van der Waals surface area contributed by atoms with E-state index in [-0.39, 0.29) is 11.3 Å². The quantitative estimate of drug-likeness (QED) is 0.544. The van der Waals surface area contributed by atoms with E-state index in [0.29, 0.717) is 23.2 Å². The van der Waals surface area contributed by atoms with E-state index in [9.17, 15) is 4.79 Å². The van der Waals surface area contributed by atoms with Crippen molar-refractivity contribution in [2.75, 3.05) is 5.32 Å². The third-order valence-electron chi connectivity index (χ3n) is 4.65. The minimum atomic E-state index is 0.00865. The highest BCUT2D eigenvalue weighted by Gasteiger charge is 2.20. The first-order valence-corrected chi connectivity index (χ1v) is 10.0. The molecule has 148 valence electrons. The second kappa shape index (κ2) is 7.96. The summed E-state index contributed by atoms with van der Waals surface area (Å²) in [6.45, 7) is 10.8. The second-order valence-corrected chi connectivity index (χ2v) is 9.31. The van der Waals surface area contributed by atoms with Gasteiger partial charge in [-0.25, -0.2) is 4.98 Å². The Hall–Kier alpha value is -2.33. The largest absolute Gasteiger partial charge is 0.310 e. The first kappa shape index (κ1) is 20.4. The summed E-state index contributed by atoms with van der Waals surface area (Å²) in [7, 11) is 0. The molecule has 0 bridgehead atoms. The number of amides is 1. The number of benzene rings is 1. The van der Waals surface area contributed by atoms with Gasteiger partial charge in [0.05, 0.1) is 0 Å². The number of hydrogen-bond acceptors (Lipinski definition) is 2. The van der Waals surface area contributed by atoms with Gasteiger partial charge < -0.3 is 5.32 Å². The number of rotatable bonds is 5. The Bertz CT molecular complexity index is 983. The number of hydrogen-bond donors (Lipinski definition) is 1. The molecule has 0 saturated carbocycles. The number of anilines is 1. The van der Waals surface area contributed by atoms with Crippen molar-refractivity contribution in [1.29, 1.82) is 0 Å². The summed E-state index contributed by atoms with van der Waals surface area (Å²) < 4.78 is 1.93. The highest BCUT2D eigenvalue weighted by molar-refractivity contribution is 6.30. The fourth-order valence-corrected chi connectivity index (χ4v) is 3.82. The number of aromatic nitrogens is 2. The van der Waals surface area contributed by atoms with Gasteiger partial charge in [-0.15, -0.1) is 0 Å². The third-order valence-corrected chi connectivity index (χ3v) is 4.90. The summed E-state index contributed by atoms with van der Waals surface area (Å²) >= 11 is 6.04. The van der Waals surface area contributed by atoms with Crippen molar-refractivity contribution in [3.05, 3.63) is 53.2 Å². The molecule has 0 aliphatic rings. The zero-order valence-electron chi connectivity index (χ0n) is 17.2. The summed E-state index contributed by atoms with van der Waals surface area (Å²) in [5.74, 6) is 1.01. The fourth-order valence-electron chi connectivity index (χ4n) is 3.69.